The van der Waals surface area contributed by atoms with Crippen LogP contribution in [0.2, 0.25) is 0 Å². The molecule has 1 amide bonds. The zero-order chi connectivity index (χ0) is 19.4. The molecule has 1 fully saturated rings. The predicted octanol–water partition coefficient (Wildman–Crippen LogP) is 4.49. The molecule has 0 radical (unpaired) electrons. The van der Waals surface area contributed by atoms with Crippen LogP contribution in [-0.2, 0) is 0 Å². The fraction of sp³-hybridized carbons (Fsp3) is 0.571. The van der Waals surface area contributed by atoms with Crippen molar-refractivity contribution < 1.29 is 4.79 Å². The Morgan fingerprint density at radius 2 is 1.68 bits per heavy atom. The first-order valence-electron chi connectivity index (χ1n) is 10.4. The number of unbranched alkanes of at least 4 members (excludes halogenated alkanes) is 1. The Balaban J connectivity index is 0.00000300. The molecule has 0 saturated heterocycles. The summed E-state index contributed by atoms with van der Waals surface area (Å²) in [5, 5.41) is 12.7. The van der Waals surface area contributed by atoms with Crippen molar-refractivity contribution >= 4 is 54.5 Å². The summed E-state index contributed by atoms with van der Waals surface area (Å²) < 4.78 is 0. The van der Waals surface area contributed by atoms with Gasteiger partial charge in [0.1, 0.15) is 10.7 Å². The van der Waals surface area contributed by atoms with Crippen molar-refractivity contribution in [3.8, 4) is 10.6 Å². The molecular formula is C21H34Cl3N5OS. The lowest BCUT2D eigenvalue weighted by molar-refractivity contribution is 0.0949. The van der Waals surface area contributed by atoms with Gasteiger partial charge in [0.15, 0.2) is 0 Å². The van der Waals surface area contributed by atoms with Crippen molar-refractivity contribution in [2.45, 2.75) is 51.0 Å². The average molecular weight is 511 g/mol. The van der Waals surface area contributed by atoms with Crippen LogP contribution in [0.15, 0.2) is 29.9 Å². The van der Waals surface area contributed by atoms with Crippen LogP contribution in [0.3, 0.4) is 0 Å². The Labute approximate surface area is 208 Å². The zero-order valence-corrected chi connectivity index (χ0v) is 20.9. The van der Waals surface area contributed by atoms with E-state index in [2.05, 4.69) is 25.9 Å². The second-order valence-corrected chi connectivity index (χ2v) is 8.13. The van der Waals surface area contributed by atoms with Gasteiger partial charge in [0.25, 0.3) is 5.91 Å². The lowest BCUT2D eigenvalue weighted by Crippen LogP contribution is -2.36. The highest BCUT2D eigenvalue weighted by molar-refractivity contribution is 7.13. The maximum Gasteiger partial charge on any atom is 0.270 e. The minimum absolute atomic E-state index is 0. The molecule has 2 aromatic rings. The summed E-state index contributed by atoms with van der Waals surface area (Å²) in [5.41, 5.74) is 1.48. The van der Waals surface area contributed by atoms with E-state index in [0.717, 1.165) is 49.1 Å². The van der Waals surface area contributed by atoms with E-state index in [4.69, 9.17) is 0 Å². The van der Waals surface area contributed by atoms with E-state index < -0.39 is 0 Å². The van der Waals surface area contributed by atoms with Gasteiger partial charge in [-0.1, -0.05) is 19.3 Å². The molecule has 3 N–H and O–H groups in total. The lowest BCUT2D eigenvalue weighted by Gasteiger charge is -2.22. The van der Waals surface area contributed by atoms with E-state index in [0.29, 0.717) is 12.2 Å². The van der Waals surface area contributed by atoms with Gasteiger partial charge in [0, 0.05) is 49.0 Å². The number of nitrogens with one attached hydrogen (secondary N) is 3. The number of hydrogen-bond donors (Lipinski definition) is 3. The monoisotopic (exact) mass is 509 g/mol. The summed E-state index contributed by atoms with van der Waals surface area (Å²) >= 11 is 1.48. The number of pyridine rings is 1. The van der Waals surface area contributed by atoms with Crippen molar-refractivity contribution in [2.24, 2.45) is 0 Å². The molecule has 1 aliphatic rings. The Kier molecular flexibility index (Phi) is 17.0. The normalized spacial score (nSPS) is 13.4. The summed E-state index contributed by atoms with van der Waals surface area (Å²) in [5.74, 6) is -0.0961. The highest BCUT2D eigenvalue weighted by atomic mass is 35.5. The highest BCUT2D eigenvalue weighted by Gasteiger charge is 2.12. The minimum Gasteiger partial charge on any atom is -0.351 e. The van der Waals surface area contributed by atoms with Crippen molar-refractivity contribution in [3.05, 3.63) is 35.6 Å². The SMILES string of the molecule is Cl.Cl.Cl.O=C(NCCCCNCCNC1CCCCC1)c1csc(-c2ccncc2)n1. The third-order valence-corrected chi connectivity index (χ3v) is 5.96. The predicted molar refractivity (Wildman–Crippen MR) is 136 cm³/mol. The number of aromatic nitrogens is 2. The van der Waals surface area contributed by atoms with Gasteiger partial charge < -0.3 is 16.0 Å². The van der Waals surface area contributed by atoms with Gasteiger partial charge in [0.2, 0.25) is 0 Å². The molecule has 0 atom stereocenters. The molecule has 10 heteroatoms. The van der Waals surface area contributed by atoms with Crippen molar-refractivity contribution in [3.63, 3.8) is 0 Å². The fourth-order valence-corrected chi connectivity index (χ4v) is 4.28. The van der Waals surface area contributed by atoms with Crippen LogP contribution in [0.4, 0.5) is 0 Å². The minimum atomic E-state index is -0.0961. The molecule has 2 aromatic heterocycles. The van der Waals surface area contributed by atoms with E-state index in [-0.39, 0.29) is 43.1 Å². The van der Waals surface area contributed by atoms with Crippen molar-refractivity contribution in [1.29, 1.82) is 0 Å². The Bertz CT molecular complexity index is 714. The van der Waals surface area contributed by atoms with Crippen LogP contribution < -0.4 is 16.0 Å². The smallest absolute Gasteiger partial charge is 0.270 e. The number of thiazole rings is 1. The number of rotatable bonds is 11. The van der Waals surface area contributed by atoms with Gasteiger partial charge in [0.05, 0.1) is 0 Å². The maximum atomic E-state index is 12.2. The topological polar surface area (TPSA) is 78.9 Å². The lowest BCUT2D eigenvalue weighted by atomic mass is 9.95. The Morgan fingerprint density at radius 1 is 0.968 bits per heavy atom. The highest BCUT2D eigenvalue weighted by Crippen LogP contribution is 2.22. The maximum absolute atomic E-state index is 12.2. The third-order valence-electron chi connectivity index (χ3n) is 5.07. The van der Waals surface area contributed by atoms with Crippen LogP contribution in [0, 0.1) is 0 Å². The van der Waals surface area contributed by atoms with E-state index in [1.165, 1.54) is 43.4 Å². The van der Waals surface area contributed by atoms with Gasteiger partial charge in [-0.05, 0) is 44.4 Å². The number of nitrogens with zero attached hydrogens (tertiary/aromatic N) is 2. The first-order chi connectivity index (χ1) is 13.8. The standard InChI is InChI=1S/C21H31N5OS.3ClH/c27-20(19-16-28-21(26-19)17-8-12-23-13-9-17)25-11-5-4-10-22-14-15-24-18-6-2-1-3-7-18;;;/h8-9,12-13,16,18,22,24H,1-7,10-11,14-15H2,(H,25,27);3*1H. The summed E-state index contributed by atoms with van der Waals surface area (Å²) in [6.45, 7) is 3.73. The molecule has 6 nitrogen and oxygen atoms in total. The Morgan fingerprint density at radius 3 is 2.42 bits per heavy atom. The quantitative estimate of drug-likeness (QED) is 0.388. The zero-order valence-electron chi connectivity index (χ0n) is 17.7. The average Bonchev–Trinajstić information content (AvgIpc) is 3.24. The molecule has 0 spiro atoms. The molecule has 31 heavy (non-hydrogen) atoms. The number of amides is 1. The number of halogens is 3. The summed E-state index contributed by atoms with van der Waals surface area (Å²) in [6.07, 6.45) is 12.3. The van der Waals surface area contributed by atoms with Gasteiger partial charge in [-0.15, -0.1) is 48.6 Å². The summed E-state index contributed by atoms with van der Waals surface area (Å²) in [7, 11) is 0. The largest absolute Gasteiger partial charge is 0.351 e. The van der Waals surface area contributed by atoms with Gasteiger partial charge in [-0.3, -0.25) is 9.78 Å². The molecule has 0 aromatic carbocycles. The second kappa shape index (κ2) is 17.6. The molecule has 176 valence electrons. The first kappa shape index (κ1) is 30.0. The van der Waals surface area contributed by atoms with Crippen molar-refractivity contribution in [1.82, 2.24) is 25.9 Å². The number of carbonyl (C=O) groups excluding carboxylic acids is 1. The molecule has 0 bridgehead atoms. The second-order valence-electron chi connectivity index (χ2n) is 7.28. The van der Waals surface area contributed by atoms with Gasteiger partial charge >= 0.3 is 0 Å². The first-order valence-corrected chi connectivity index (χ1v) is 11.3. The van der Waals surface area contributed by atoms with Crippen LogP contribution in [0.25, 0.3) is 10.6 Å². The molecule has 1 saturated carbocycles. The van der Waals surface area contributed by atoms with E-state index in [9.17, 15) is 4.79 Å². The third kappa shape index (κ3) is 10.9. The molecular weight excluding hydrogens is 477 g/mol. The van der Waals surface area contributed by atoms with E-state index in [1.807, 2.05) is 17.5 Å². The summed E-state index contributed by atoms with van der Waals surface area (Å²) in [6, 6.07) is 4.53. The van der Waals surface area contributed by atoms with E-state index in [1.54, 1.807) is 12.4 Å². The molecule has 0 unspecified atom stereocenters. The van der Waals surface area contributed by atoms with Crippen LogP contribution in [0.1, 0.15) is 55.4 Å². The van der Waals surface area contributed by atoms with Crippen LogP contribution in [-0.4, -0.2) is 48.1 Å². The summed E-state index contributed by atoms with van der Waals surface area (Å²) in [4.78, 5) is 20.6. The molecule has 1 aliphatic carbocycles. The fourth-order valence-electron chi connectivity index (χ4n) is 3.47. The van der Waals surface area contributed by atoms with Crippen LogP contribution >= 0.6 is 48.6 Å². The van der Waals surface area contributed by atoms with Gasteiger partial charge in [-0.25, -0.2) is 4.98 Å². The van der Waals surface area contributed by atoms with E-state index >= 15 is 0 Å². The molecule has 3 rings (SSSR count). The van der Waals surface area contributed by atoms with Crippen molar-refractivity contribution in [2.75, 3.05) is 26.2 Å². The Hall–Kier alpha value is -0.960. The van der Waals surface area contributed by atoms with Gasteiger partial charge in [-0.2, -0.15) is 0 Å². The number of hydrogen-bond acceptors (Lipinski definition) is 6. The van der Waals surface area contributed by atoms with Crippen LogP contribution in [0.5, 0.6) is 0 Å². The molecule has 0 aliphatic heterocycles. The molecule has 2 heterocycles. The number of carbonyl (C=O) groups is 1.